The van der Waals surface area contributed by atoms with Gasteiger partial charge >= 0.3 is 5.97 Å². The summed E-state index contributed by atoms with van der Waals surface area (Å²) in [5.41, 5.74) is 1.44. The van der Waals surface area contributed by atoms with Crippen molar-refractivity contribution in [2.45, 2.75) is 27.5 Å². The molecule has 1 N–H and O–H groups in total. The highest BCUT2D eigenvalue weighted by Gasteiger charge is 2.23. The van der Waals surface area contributed by atoms with Gasteiger partial charge in [-0.25, -0.2) is 15.0 Å². The number of nitrogens with zero attached hydrogens (tertiary/aromatic N) is 4. The van der Waals surface area contributed by atoms with Gasteiger partial charge in [-0.2, -0.15) is 0 Å². The summed E-state index contributed by atoms with van der Waals surface area (Å²) in [6.07, 6.45) is 1.57. The lowest BCUT2D eigenvalue weighted by molar-refractivity contribution is -0.156. The van der Waals surface area contributed by atoms with Crippen LogP contribution in [-0.2, 0) is 16.3 Å². The van der Waals surface area contributed by atoms with Crippen molar-refractivity contribution >= 4 is 23.0 Å². The molecule has 7 nitrogen and oxygen atoms in total. The second-order valence-electron chi connectivity index (χ2n) is 6.96. The third-order valence-corrected chi connectivity index (χ3v) is 3.74. The SMILES string of the molecule is CNc1nc(C#Cc2ccccc2)nc2c1ncn2COC(=O)C(C)(C)C. The minimum absolute atomic E-state index is 0.0261. The normalized spacial score (nSPS) is 11.0. The summed E-state index contributed by atoms with van der Waals surface area (Å²) in [4.78, 5) is 25.2. The molecule has 138 valence electrons. The van der Waals surface area contributed by atoms with E-state index in [1.165, 1.54) is 0 Å². The minimum atomic E-state index is -0.576. The van der Waals surface area contributed by atoms with Gasteiger partial charge in [0.2, 0.25) is 5.82 Å². The molecular weight excluding hydrogens is 342 g/mol. The number of hydrogen-bond donors (Lipinski definition) is 1. The van der Waals surface area contributed by atoms with E-state index in [4.69, 9.17) is 4.74 Å². The van der Waals surface area contributed by atoms with E-state index >= 15 is 0 Å². The summed E-state index contributed by atoms with van der Waals surface area (Å²) in [6.45, 7) is 5.44. The van der Waals surface area contributed by atoms with Crippen LogP contribution < -0.4 is 5.32 Å². The Morgan fingerprint density at radius 1 is 1.19 bits per heavy atom. The molecule has 2 aromatic heterocycles. The molecule has 0 aliphatic carbocycles. The first-order chi connectivity index (χ1) is 12.9. The van der Waals surface area contributed by atoms with Gasteiger partial charge in [0.1, 0.15) is 0 Å². The lowest BCUT2D eigenvalue weighted by Gasteiger charge is -2.16. The van der Waals surface area contributed by atoms with E-state index in [0.29, 0.717) is 22.8 Å². The number of carbonyl (C=O) groups excluding carboxylic acids is 1. The molecule has 0 fully saturated rings. The average Bonchev–Trinajstić information content (AvgIpc) is 3.06. The number of nitrogens with one attached hydrogen (secondary N) is 1. The Morgan fingerprint density at radius 2 is 1.93 bits per heavy atom. The number of hydrogen-bond acceptors (Lipinski definition) is 6. The fourth-order valence-electron chi connectivity index (χ4n) is 2.26. The third-order valence-electron chi connectivity index (χ3n) is 3.74. The highest BCUT2D eigenvalue weighted by Crippen LogP contribution is 2.20. The molecule has 7 heteroatoms. The second-order valence-corrected chi connectivity index (χ2v) is 6.96. The van der Waals surface area contributed by atoms with Crippen molar-refractivity contribution < 1.29 is 9.53 Å². The molecule has 0 saturated heterocycles. The molecule has 0 saturated carbocycles. The molecule has 3 rings (SSSR count). The molecule has 0 amide bonds. The molecule has 0 aliphatic heterocycles. The van der Waals surface area contributed by atoms with Crippen LogP contribution in [0, 0.1) is 17.3 Å². The summed E-state index contributed by atoms with van der Waals surface area (Å²) in [7, 11) is 1.76. The Kier molecular flexibility index (Phi) is 5.08. The molecular formula is C20H21N5O2. The van der Waals surface area contributed by atoms with E-state index in [-0.39, 0.29) is 12.7 Å². The predicted octanol–water partition coefficient (Wildman–Crippen LogP) is 2.81. The van der Waals surface area contributed by atoms with Crippen molar-refractivity contribution in [3.63, 3.8) is 0 Å². The molecule has 1 aromatic carbocycles. The number of benzene rings is 1. The summed E-state index contributed by atoms with van der Waals surface area (Å²) in [5.74, 6) is 6.65. The highest BCUT2D eigenvalue weighted by atomic mass is 16.5. The van der Waals surface area contributed by atoms with E-state index in [9.17, 15) is 4.79 Å². The maximum Gasteiger partial charge on any atom is 0.312 e. The van der Waals surface area contributed by atoms with Crippen LogP contribution in [0.4, 0.5) is 5.82 Å². The van der Waals surface area contributed by atoms with E-state index < -0.39 is 5.41 Å². The van der Waals surface area contributed by atoms with Crippen molar-refractivity contribution in [3.8, 4) is 11.8 Å². The highest BCUT2D eigenvalue weighted by molar-refractivity contribution is 5.83. The average molecular weight is 363 g/mol. The molecule has 0 spiro atoms. The lowest BCUT2D eigenvalue weighted by Crippen LogP contribution is -2.24. The smallest absolute Gasteiger partial charge is 0.312 e. The fraction of sp³-hybridized carbons (Fsp3) is 0.300. The van der Waals surface area contributed by atoms with Crippen LogP contribution in [0.5, 0.6) is 0 Å². The quantitative estimate of drug-likeness (QED) is 0.569. The lowest BCUT2D eigenvalue weighted by atomic mass is 9.98. The molecule has 2 heterocycles. The zero-order chi connectivity index (χ0) is 19.4. The fourth-order valence-corrected chi connectivity index (χ4v) is 2.26. The number of esters is 1. The first-order valence-electron chi connectivity index (χ1n) is 8.53. The van der Waals surface area contributed by atoms with Gasteiger partial charge in [-0.05, 0) is 38.8 Å². The van der Waals surface area contributed by atoms with E-state index in [0.717, 1.165) is 5.56 Å². The molecule has 3 aromatic rings. The number of anilines is 1. The van der Waals surface area contributed by atoms with Crippen LogP contribution >= 0.6 is 0 Å². The zero-order valence-electron chi connectivity index (χ0n) is 15.8. The van der Waals surface area contributed by atoms with E-state index in [1.54, 1.807) is 38.7 Å². The van der Waals surface area contributed by atoms with Crippen LogP contribution in [0.1, 0.15) is 32.2 Å². The van der Waals surface area contributed by atoms with Crippen LogP contribution in [0.3, 0.4) is 0 Å². The predicted molar refractivity (Wildman–Crippen MR) is 103 cm³/mol. The van der Waals surface area contributed by atoms with E-state index in [2.05, 4.69) is 32.1 Å². The number of fused-ring (bicyclic) bond motifs is 1. The Labute approximate surface area is 157 Å². The Morgan fingerprint density at radius 3 is 2.59 bits per heavy atom. The zero-order valence-corrected chi connectivity index (χ0v) is 15.8. The van der Waals surface area contributed by atoms with Gasteiger partial charge in [0.05, 0.1) is 11.7 Å². The first-order valence-corrected chi connectivity index (χ1v) is 8.53. The van der Waals surface area contributed by atoms with Gasteiger partial charge in [0, 0.05) is 12.6 Å². The van der Waals surface area contributed by atoms with Gasteiger partial charge in [0.15, 0.2) is 23.7 Å². The topological polar surface area (TPSA) is 81.9 Å². The maximum atomic E-state index is 12.0. The summed E-state index contributed by atoms with van der Waals surface area (Å²) < 4.78 is 7.03. The number of imidazole rings is 1. The van der Waals surface area contributed by atoms with E-state index in [1.807, 2.05) is 30.3 Å². The number of aromatic nitrogens is 4. The first kappa shape index (κ1) is 18.4. The van der Waals surface area contributed by atoms with Gasteiger partial charge in [0.25, 0.3) is 0 Å². The van der Waals surface area contributed by atoms with Crippen molar-refractivity contribution in [2.75, 3.05) is 12.4 Å². The van der Waals surface area contributed by atoms with Crippen molar-refractivity contribution in [2.24, 2.45) is 5.41 Å². The number of ether oxygens (including phenoxy) is 1. The Bertz CT molecular complexity index is 1020. The standard InChI is InChI=1S/C20H21N5O2/c1-20(2,3)19(26)27-13-25-12-22-16-17(21-4)23-15(24-18(16)25)11-10-14-8-6-5-7-9-14/h5-9,12H,13H2,1-4H3,(H,21,23,24). The van der Waals surface area contributed by atoms with Gasteiger partial charge < -0.3 is 10.1 Å². The summed E-state index contributed by atoms with van der Waals surface area (Å²) in [6, 6.07) is 9.61. The van der Waals surface area contributed by atoms with Crippen LogP contribution in [0.2, 0.25) is 0 Å². The Balaban J connectivity index is 1.94. The largest absolute Gasteiger partial charge is 0.443 e. The molecule has 0 bridgehead atoms. The molecule has 0 atom stereocenters. The minimum Gasteiger partial charge on any atom is -0.443 e. The Hall–Kier alpha value is -3.40. The molecule has 27 heavy (non-hydrogen) atoms. The molecule has 0 radical (unpaired) electrons. The van der Waals surface area contributed by atoms with Gasteiger partial charge in [-0.3, -0.25) is 9.36 Å². The van der Waals surface area contributed by atoms with Gasteiger partial charge in [-0.1, -0.05) is 24.1 Å². The summed E-state index contributed by atoms with van der Waals surface area (Å²) in [5, 5.41) is 3.01. The second kappa shape index (κ2) is 7.46. The molecule has 0 aliphatic rings. The van der Waals surface area contributed by atoms with Gasteiger partial charge in [-0.15, -0.1) is 0 Å². The van der Waals surface area contributed by atoms with Crippen molar-refractivity contribution in [1.29, 1.82) is 0 Å². The number of carbonyl (C=O) groups is 1. The van der Waals surface area contributed by atoms with Crippen molar-refractivity contribution in [1.82, 2.24) is 19.5 Å². The number of rotatable bonds is 3. The maximum absolute atomic E-state index is 12.0. The summed E-state index contributed by atoms with van der Waals surface area (Å²) >= 11 is 0. The van der Waals surface area contributed by atoms with Crippen LogP contribution in [0.25, 0.3) is 11.2 Å². The van der Waals surface area contributed by atoms with Crippen LogP contribution in [-0.4, -0.2) is 32.5 Å². The third kappa shape index (κ3) is 4.23. The van der Waals surface area contributed by atoms with Crippen molar-refractivity contribution in [3.05, 3.63) is 48.0 Å². The molecule has 0 unspecified atom stereocenters. The monoisotopic (exact) mass is 363 g/mol. The van der Waals surface area contributed by atoms with Crippen LogP contribution in [0.15, 0.2) is 36.7 Å².